The summed E-state index contributed by atoms with van der Waals surface area (Å²) in [6.45, 7) is 9.75. The number of anilines is 1. The molecular weight excluding hydrogens is 210 g/mol. The van der Waals surface area contributed by atoms with E-state index in [1.165, 1.54) is 25.7 Å². The lowest BCUT2D eigenvalue weighted by molar-refractivity contribution is 0.342. The normalized spacial score (nSPS) is 11.5. The van der Waals surface area contributed by atoms with Crippen LogP contribution in [0.15, 0.2) is 12.3 Å². The molecule has 0 saturated heterocycles. The molecule has 1 heterocycles. The molecule has 0 aliphatic carbocycles. The Kier molecular flexibility index (Phi) is 5.39. The largest absolute Gasteiger partial charge is 0.354 e. The maximum Gasteiger partial charge on any atom is 0.222 e. The van der Waals surface area contributed by atoms with Gasteiger partial charge in [0, 0.05) is 18.4 Å². The van der Waals surface area contributed by atoms with Crippen LogP contribution < -0.4 is 5.32 Å². The topological polar surface area (TPSA) is 37.8 Å². The van der Waals surface area contributed by atoms with Crippen molar-refractivity contribution >= 4 is 5.95 Å². The molecule has 1 rings (SSSR count). The zero-order chi connectivity index (χ0) is 12.7. The zero-order valence-corrected chi connectivity index (χ0v) is 11.6. The van der Waals surface area contributed by atoms with Crippen molar-refractivity contribution in [1.29, 1.82) is 0 Å². The SMILES string of the molecule is CCCCCC(C)(C)CNc1nccc(C)n1. The van der Waals surface area contributed by atoms with E-state index in [4.69, 9.17) is 0 Å². The lowest BCUT2D eigenvalue weighted by Gasteiger charge is -2.24. The first-order valence-electron chi connectivity index (χ1n) is 6.57. The van der Waals surface area contributed by atoms with Crippen LogP contribution in [0.2, 0.25) is 0 Å². The maximum atomic E-state index is 4.35. The molecule has 1 N–H and O–H groups in total. The Labute approximate surface area is 105 Å². The first-order valence-corrected chi connectivity index (χ1v) is 6.57. The van der Waals surface area contributed by atoms with E-state index in [-0.39, 0.29) is 0 Å². The van der Waals surface area contributed by atoms with Crippen LogP contribution in [0.4, 0.5) is 5.95 Å². The van der Waals surface area contributed by atoms with Gasteiger partial charge in [-0.1, -0.05) is 40.0 Å². The minimum Gasteiger partial charge on any atom is -0.354 e. The van der Waals surface area contributed by atoms with Gasteiger partial charge in [-0.3, -0.25) is 0 Å². The Balaban J connectivity index is 2.38. The third-order valence-corrected chi connectivity index (χ3v) is 2.98. The third-order valence-electron chi connectivity index (χ3n) is 2.98. The summed E-state index contributed by atoms with van der Waals surface area (Å²) in [6, 6.07) is 1.91. The standard InChI is InChI=1S/C14H25N3/c1-5-6-7-9-14(3,4)11-16-13-15-10-8-12(2)17-13/h8,10H,5-7,9,11H2,1-4H3,(H,15,16,17). The lowest BCUT2D eigenvalue weighted by atomic mass is 9.87. The number of rotatable bonds is 7. The van der Waals surface area contributed by atoms with Crippen molar-refractivity contribution in [2.24, 2.45) is 5.41 Å². The first-order chi connectivity index (χ1) is 8.03. The molecule has 0 saturated carbocycles. The summed E-state index contributed by atoms with van der Waals surface area (Å²) in [5.41, 5.74) is 1.31. The molecule has 0 spiro atoms. The number of hydrogen-bond acceptors (Lipinski definition) is 3. The van der Waals surface area contributed by atoms with Gasteiger partial charge in [-0.15, -0.1) is 0 Å². The van der Waals surface area contributed by atoms with E-state index < -0.39 is 0 Å². The first kappa shape index (κ1) is 13.9. The fourth-order valence-corrected chi connectivity index (χ4v) is 1.79. The van der Waals surface area contributed by atoms with Crippen LogP contribution in [-0.2, 0) is 0 Å². The third kappa shape index (κ3) is 5.66. The number of hydrogen-bond donors (Lipinski definition) is 1. The average Bonchev–Trinajstić information content (AvgIpc) is 2.27. The molecule has 1 aromatic rings. The molecule has 96 valence electrons. The summed E-state index contributed by atoms with van der Waals surface area (Å²) in [4.78, 5) is 8.57. The average molecular weight is 235 g/mol. The van der Waals surface area contributed by atoms with Gasteiger partial charge in [-0.05, 0) is 24.8 Å². The minimum atomic E-state index is 0.308. The van der Waals surface area contributed by atoms with Crippen molar-refractivity contribution in [3.05, 3.63) is 18.0 Å². The molecular formula is C14H25N3. The molecule has 17 heavy (non-hydrogen) atoms. The van der Waals surface area contributed by atoms with Crippen molar-refractivity contribution in [2.45, 2.75) is 53.4 Å². The zero-order valence-electron chi connectivity index (χ0n) is 11.6. The van der Waals surface area contributed by atoms with E-state index in [1.807, 2.05) is 13.0 Å². The number of nitrogens with one attached hydrogen (secondary N) is 1. The summed E-state index contributed by atoms with van der Waals surface area (Å²) in [5.74, 6) is 0.744. The Bertz CT molecular complexity index is 334. The summed E-state index contributed by atoms with van der Waals surface area (Å²) in [6.07, 6.45) is 6.96. The van der Waals surface area contributed by atoms with Gasteiger partial charge in [0.25, 0.3) is 0 Å². The van der Waals surface area contributed by atoms with Crippen LogP contribution >= 0.6 is 0 Å². The van der Waals surface area contributed by atoms with Crippen LogP contribution in [0.3, 0.4) is 0 Å². The van der Waals surface area contributed by atoms with Crippen molar-refractivity contribution in [1.82, 2.24) is 9.97 Å². The summed E-state index contributed by atoms with van der Waals surface area (Å²) >= 11 is 0. The minimum absolute atomic E-state index is 0.308. The van der Waals surface area contributed by atoms with Gasteiger partial charge in [-0.2, -0.15) is 0 Å². The highest BCUT2D eigenvalue weighted by molar-refractivity contribution is 5.24. The molecule has 1 aromatic heterocycles. The molecule has 0 fully saturated rings. The van der Waals surface area contributed by atoms with Crippen LogP contribution in [0, 0.1) is 12.3 Å². The van der Waals surface area contributed by atoms with Crippen LogP contribution in [0.25, 0.3) is 0 Å². The molecule has 0 bridgehead atoms. The number of aromatic nitrogens is 2. The lowest BCUT2D eigenvalue weighted by Crippen LogP contribution is -2.24. The van der Waals surface area contributed by atoms with Crippen LogP contribution in [-0.4, -0.2) is 16.5 Å². The molecule has 0 unspecified atom stereocenters. The fourth-order valence-electron chi connectivity index (χ4n) is 1.79. The molecule has 0 aliphatic heterocycles. The van der Waals surface area contributed by atoms with E-state index in [0.29, 0.717) is 5.41 Å². The second-order valence-corrected chi connectivity index (χ2v) is 5.50. The smallest absolute Gasteiger partial charge is 0.222 e. The highest BCUT2D eigenvalue weighted by Gasteiger charge is 2.17. The van der Waals surface area contributed by atoms with Gasteiger partial charge in [0.15, 0.2) is 0 Å². The molecule has 3 nitrogen and oxygen atoms in total. The van der Waals surface area contributed by atoms with Crippen molar-refractivity contribution in [2.75, 3.05) is 11.9 Å². The molecule has 0 atom stereocenters. The van der Waals surface area contributed by atoms with Gasteiger partial charge in [0.2, 0.25) is 5.95 Å². The maximum absolute atomic E-state index is 4.35. The van der Waals surface area contributed by atoms with E-state index in [2.05, 4.69) is 36.1 Å². The Morgan fingerprint density at radius 2 is 2.06 bits per heavy atom. The van der Waals surface area contributed by atoms with Gasteiger partial charge in [0.1, 0.15) is 0 Å². The van der Waals surface area contributed by atoms with Gasteiger partial charge >= 0.3 is 0 Å². The quantitative estimate of drug-likeness (QED) is 0.730. The predicted octanol–water partition coefficient (Wildman–Crippen LogP) is 3.80. The molecule has 0 aliphatic rings. The van der Waals surface area contributed by atoms with Crippen LogP contribution in [0.5, 0.6) is 0 Å². The highest BCUT2D eigenvalue weighted by atomic mass is 15.1. The number of nitrogens with zero attached hydrogens (tertiary/aromatic N) is 2. The van der Waals surface area contributed by atoms with Gasteiger partial charge < -0.3 is 5.32 Å². The van der Waals surface area contributed by atoms with Gasteiger partial charge in [-0.25, -0.2) is 9.97 Å². The summed E-state index contributed by atoms with van der Waals surface area (Å²) < 4.78 is 0. The predicted molar refractivity (Wildman–Crippen MR) is 73.2 cm³/mol. The van der Waals surface area contributed by atoms with Crippen LogP contribution in [0.1, 0.15) is 52.1 Å². The van der Waals surface area contributed by atoms with E-state index >= 15 is 0 Å². The summed E-state index contributed by atoms with van der Waals surface area (Å²) in [7, 11) is 0. The number of unbranched alkanes of at least 4 members (excludes halogenated alkanes) is 2. The molecule has 3 heteroatoms. The second-order valence-electron chi connectivity index (χ2n) is 5.50. The van der Waals surface area contributed by atoms with Gasteiger partial charge in [0.05, 0.1) is 0 Å². The Morgan fingerprint density at radius 1 is 1.29 bits per heavy atom. The van der Waals surface area contributed by atoms with E-state index in [9.17, 15) is 0 Å². The monoisotopic (exact) mass is 235 g/mol. The summed E-state index contributed by atoms with van der Waals surface area (Å²) in [5, 5.41) is 3.33. The van der Waals surface area contributed by atoms with Crippen molar-refractivity contribution in [3.8, 4) is 0 Å². The molecule has 0 amide bonds. The van der Waals surface area contributed by atoms with Crippen molar-refractivity contribution in [3.63, 3.8) is 0 Å². The molecule has 0 radical (unpaired) electrons. The fraction of sp³-hybridized carbons (Fsp3) is 0.714. The van der Waals surface area contributed by atoms with E-state index in [0.717, 1.165) is 18.2 Å². The molecule has 0 aromatic carbocycles. The number of aryl methyl sites for hydroxylation is 1. The van der Waals surface area contributed by atoms with Crippen molar-refractivity contribution < 1.29 is 0 Å². The van der Waals surface area contributed by atoms with E-state index in [1.54, 1.807) is 6.20 Å². The second kappa shape index (κ2) is 6.58. The highest BCUT2D eigenvalue weighted by Crippen LogP contribution is 2.23. The Hall–Kier alpha value is -1.12. The Morgan fingerprint density at radius 3 is 2.71 bits per heavy atom.